The maximum absolute atomic E-state index is 12.8. The second-order valence-electron chi connectivity index (χ2n) is 6.94. The van der Waals surface area contributed by atoms with Crippen molar-refractivity contribution in [3.63, 3.8) is 0 Å². The number of alkyl halides is 3. The monoisotopic (exact) mass is 499 g/mol. The minimum absolute atomic E-state index is 0.0189. The Morgan fingerprint density at radius 2 is 1.91 bits per heavy atom. The van der Waals surface area contributed by atoms with Crippen molar-refractivity contribution >= 4 is 23.3 Å². The fourth-order valence-electron chi connectivity index (χ4n) is 2.74. The number of hydrogen-bond donors (Lipinski definition) is 0. The molecule has 0 aliphatic heterocycles. The number of carbonyl (C=O) groups is 1. The Morgan fingerprint density at radius 1 is 1.18 bits per heavy atom. The van der Waals surface area contributed by atoms with Crippen molar-refractivity contribution in [1.82, 2.24) is 9.55 Å². The molecule has 0 radical (unpaired) electrons. The molecule has 0 aliphatic carbocycles. The zero-order valence-electron chi connectivity index (χ0n) is 17.7. The van der Waals surface area contributed by atoms with Crippen LogP contribution in [0.15, 0.2) is 55.1 Å². The van der Waals surface area contributed by atoms with Gasteiger partial charge in [-0.15, -0.1) is 0 Å². The Labute approximate surface area is 195 Å². The Kier molecular flexibility index (Phi) is 7.30. The Bertz CT molecular complexity index is 1190. The fourth-order valence-corrected chi connectivity index (χ4v) is 2.96. The summed E-state index contributed by atoms with van der Waals surface area (Å²) in [6.45, 7) is 2.93. The van der Waals surface area contributed by atoms with Crippen LogP contribution in [0.25, 0.3) is 0 Å². The van der Waals surface area contributed by atoms with E-state index in [0.717, 1.165) is 24.3 Å². The van der Waals surface area contributed by atoms with Crippen molar-refractivity contribution in [2.75, 3.05) is 0 Å². The summed E-state index contributed by atoms with van der Waals surface area (Å²) in [4.78, 5) is 26.9. The maximum Gasteiger partial charge on any atom is 0.416 e. The first-order chi connectivity index (χ1) is 16.0. The van der Waals surface area contributed by atoms with E-state index in [-0.39, 0.29) is 22.3 Å². The molecule has 9 nitrogen and oxygen atoms in total. The van der Waals surface area contributed by atoms with E-state index in [1.54, 1.807) is 13.1 Å². The smallest absolute Gasteiger partial charge is 0.416 e. The van der Waals surface area contributed by atoms with Crippen LogP contribution < -0.4 is 9.47 Å². The van der Waals surface area contributed by atoms with E-state index in [4.69, 9.17) is 25.8 Å². The van der Waals surface area contributed by atoms with Crippen LogP contribution in [0.3, 0.4) is 0 Å². The second kappa shape index (κ2) is 10.00. The van der Waals surface area contributed by atoms with Crippen molar-refractivity contribution in [1.29, 1.82) is 0 Å². The van der Waals surface area contributed by atoms with E-state index >= 15 is 0 Å². The summed E-state index contributed by atoms with van der Waals surface area (Å²) in [7, 11) is 0. The molecule has 180 valence electrons. The number of nitrogens with zero attached hydrogens (tertiary/aromatic N) is 3. The highest BCUT2D eigenvalue weighted by Crippen LogP contribution is 2.38. The largest absolute Gasteiger partial charge is 0.472 e. The van der Waals surface area contributed by atoms with Crippen LogP contribution in [0.1, 0.15) is 25.6 Å². The third-order valence-corrected chi connectivity index (χ3v) is 4.78. The Hall–Kier alpha value is -3.80. The molecule has 0 saturated carbocycles. The molecule has 0 N–H and O–H groups in total. The third kappa shape index (κ3) is 5.95. The standard InChI is InChI=1S/C21H17ClF3N3O6/c1-12(20(29)33-13(2)27-8-7-26-11-27)32-19-10-15(4-5-17(19)28(30)31)34-18-6-3-14(9-16(18)22)21(23,24)25/h3-13H,1-2H3. The lowest BCUT2D eigenvalue weighted by Crippen LogP contribution is -2.28. The zero-order chi connectivity index (χ0) is 25.0. The molecule has 3 rings (SSSR count). The quantitative estimate of drug-likeness (QED) is 0.219. The van der Waals surface area contributed by atoms with Crippen LogP contribution in [0.5, 0.6) is 17.2 Å². The van der Waals surface area contributed by atoms with Gasteiger partial charge < -0.3 is 18.8 Å². The number of benzene rings is 2. The first kappa shape index (κ1) is 24.8. The highest BCUT2D eigenvalue weighted by Gasteiger charge is 2.31. The molecule has 13 heteroatoms. The van der Waals surface area contributed by atoms with Crippen LogP contribution >= 0.6 is 11.6 Å². The summed E-state index contributed by atoms with van der Waals surface area (Å²) in [5.41, 5.74) is -1.43. The minimum atomic E-state index is -4.59. The Morgan fingerprint density at radius 3 is 2.50 bits per heavy atom. The van der Waals surface area contributed by atoms with Gasteiger partial charge >= 0.3 is 17.8 Å². The number of esters is 1. The SMILES string of the molecule is CC(Oc1cc(Oc2ccc(C(F)(F)F)cc2Cl)ccc1[N+](=O)[O-])C(=O)OC(C)n1ccnc1. The van der Waals surface area contributed by atoms with Gasteiger partial charge in [-0.05, 0) is 38.1 Å². The van der Waals surface area contributed by atoms with Gasteiger partial charge in [-0.3, -0.25) is 10.1 Å². The zero-order valence-corrected chi connectivity index (χ0v) is 18.4. The summed E-state index contributed by atoms with van der Waals surface area (Å²) < 4.78 is 56.2. The average Bonchev–Trinajstić information content (AvgIpc) is 3.29. The minimum Gasteiger partial charge on any atom is -0.472 e. The van der Waals surface area contributed by atoms with E-state index in [0.29, 0.717) is 6.07 Å². The molecule has 2 atom stereocenters. The summed E-state index contributed by atoms with van der Waals surface area (Å²) in [5, 5.41) is 11.1. The van der Waals surface area contributed by atoms with Crippen molar-refractivity contribution in [2.45, 2.75) is 32.4 Å². The summed E-state index contributed by atoms with van der Waals surface area (Å²) in [6, 6.07) is 5.89. The fraction of sp³-hybridized carbons (Fsp3) is 0.238. The van der Waals surface area contributed by atoms with Crippen LogP contribution in [0, 0.1) is 10.1 Å². The lowest BCUT2D eigenvalue weighted by Gasteiger charge is -2.19. The molecule has 0 bridgehead atoms. The molecule has 0 aliphatic rings. The molecule has 0 fully saturated rings. The highest BCUT2D eigenvalue weighted by atomic mass is 35.5. The van der Waals surface area contributed by atoms with Gasteiger partial charge in [-0.1, -0.05) is 11.6 Å². The predicted molar refractivity (Wildman–Crippen MR) is 113 cm³/mol. The van der Waals surface area contributed by atoms with Gasteiger partial charge in [0, 0.05) is 24.5 Å². The first-order valence-electron chi connectivity index (χ1n) is 9.63. The van der Waals surface area contributed by atoms with E-state index in [1.807, 2.05) is 0 Å². The van der Waals surface area contributed by atoms with Crippen LogP contribution in [0.2, 0.25) is 5.02 Å². The molecule has 2 unspecified atom stereocenters. The molecular formula is C21H17ClF3N3O6. The summed E-state index contributed by atoms with van der Waals surface area (Å²) >= 11 is 5.89. The second-order valence-corrected chi connectivity index (χ2v) is 7.35. The van der Waals surface area contributed by atoms with E-state index in [9.17, 15) is 28.1 Å². The van der Waals surface area contributed by atoms with Gasteiger partial charge in [0.2, 0.25) is 5.75 Å². The van der Waals surface area contributed by atoms with Crippen molar-refractivity contribution in [3.05, 3.63) is 75.8 Å². The summed E-state index contributed by atoms with van der Waals surface area (Å²) in [6.07, 6.45) is -2.00. The van der Waals surface area contributed by atoms with E-state index in [2.05, 4.69) is 4.98 Å². The first-order valence-corrected chi connectivity index (χ1v) is 10.0. The van der Waals surface area contributed by atoms with Crippen LogP contribution in [-0.4, -0.2) is 26.5 Å². The molecular weight excluding hydrogens is 483 g/mol. The molecule has 1 heterocycles. The molecule has 1 aromatic heterocycles. The molecule has 3 aromatic rings. The predicted octanol–water partition coefficient (Wildman–Crippen LogP) is 5.79. The van der Waals surface area contributed by atoms with Gasteiger partial charge in [-0.2, -0.15) is 13.2 Å². The number of carbonyl (C=O) groups excluding carboxylic acids is 1. The van der Waals surface area contributed by atoms with Gasteiger partial charge in [0.1, 0.15) is 11.5 Å². The van der Waals surface area contributed by atoms with E-state index < -0.39 is 40.7 Å². The van der Waals surface area contributed by atoms with Gasteiger partial charge in [0.15, 0.2) is 12.3 Å². The molecule has 0 amide bonds. The van der Waals surface area contributed by atoms with Crippen molar-refractivity contribution < 1.29 is 37.1 Å². The lowest BCUT2D eigenvalue weighted by molar-refractivity contribution is -0.386. The maximum atomic E-state index is 12.8. The van der Waals surface area contributed by atoms with Crippen LogP contribution in [0.4, 0.5) is 18.9 Å². The van der Waals surface area contributed by atoms with Crippen molar-refractivity contribution in [3.8, 4) is 17.2 Å². The Balaban J connectivity index is 1.78. The number of nitro benzene ring substituents is 1. The molecule has 0 saturated heterocycles. The number of halogens is 4. The molecule has 0 spiro atoms. The highest BCUT2D eigenvalue weighted by molar-refractivity contribution is 6.32. The number of aromatic nitrogens is 2. The van der Waals surface area contributed by atoms with E-state index in [1.165, 1.54) is 30.1 Å². The number of nitro groups is 1. The molecule has 2 aromatic carbocycles. The normalized spacial score (nSPS) is 13.1. The van der Waals surface area contributed by atoms with Gasteiger partial charge in [0.05, 0.1) is 21.8 Å². The number of hydrogen-bond acceptors (Lipinski definition) is 7. The average molecular weight is 500 g/mol. The van der Waals surface area contributed by atoms with Crippen LogP contribution in [-0.2, 0) is 15.7 Å². The number of rotatable bonds is 8. The topological polar surface area (TPSA) is 106 Å². The molecule has 34 heavy (non-hydrogen) atoms. The van der Waals surface area contributed by atoms with Crippen molar-refractivity contribution in [2.24, 2.45) is 0 Å². The number of imidazole rings is 1. The van der Waals surface area contributed by atoms with Gasteiger partial charge in [-0.25, -0.2) is 9.78 Å². The summed E-state index contributed by atoms with van der Waals surface area (Å²) in [5.74, 6) is -1.25. The van der Waals surface area contributed by atoms with Gasteiger partial charge in [0.25, 0.3) is 0 Å². The lowest BCUT2D eigenvalue weighted by atomic mass is 10.2. The number of ether oxygens (including phenoxy) is 3. The third-order valence-electron chi connectivity index (χ3n) is 4.48.